The lowest BCUT2D eigenvalue weighted by atomic mass is 10.1. The quantitative estimate of drug-likeness (QED) is 0.828. The van der Waals surface area contributed by atoms with Crippen LogP contribution in [0.5, 0.6) is 5.75 Å². The van der Waals surface area contributed by atoms with Crippen molar-refractivity contribution in [3.8, 4) is 5.75 Å². The lowest BCUT2D eigenvalue weighted by Crippen LogP contribution is -2.25. The molecule has 96 valence electrons. The Hall–Kier alpha value is -1.53. The van der Waals surface area contributed by atoms with E-state index in [-0.39, 0.29) is 16.4 Å². The summed E-state index contributed by atoms with van der Waals surface area (Å²) in [6.07, 6.45) is 0.475. The molecule has 1 aromatic rings. The Kier molecular flexibility index (Phi) is 4.22. The molecule has 1 fully saturated rings. The molecule has 3 N–H and O–H groups in total. The van der Waals surface area contributed by atoms with E-state index < -0.39 is 0 Å². The Bertz CT molecular complexity index is 464. The van der Waals surface area contributed by atoms with Crippen LogP contribution < -0.4 is 15.8 Å². The molecule has 0 aliphatic carbocycles. The van der Waals surface area contributed by atoms with Crippen LogP contribution in [-0.4, -0.2) is 29.5 Å². The van der Waals surface area contributed by atoms with Crippen LogP contribution in [0.3, 0.4) is 0 Å². The number of thioether (sulfide) groups is 1. The number of nitrogens with two attached hydrogens (primary N) is 1. The monoisotopic (exact) mass is 266 g/mol. The first-order valence-electron chi connectivity index (χ1n) is 5.63. The van der Waals surface area contributed by atoms with Crippen LogP contribution in [0.25, 0.3) is 0 Å². The summed E-state index contributed by atoms with van der Waals surface area (Å²) in [4.78, 5) is 22.6. The smallest absolute Gasteiger partial charge is 0.286 e. The van der Waals surface area contributed by atoms with Crippen molar-refractivity contribution in [3.05, 3.63) is 29.8 Å². The highest BCUT2D eigenvalue weighted by atomic mass is 32.2. The highest BCUT2D eigenvalue weighted by Crippen LogP contribution is 2.27. The summed E-state index contributed by atoms with van der Waals surface area (Å²) >= 11 is 1.02. The van der Waals surface area contributed by atoms with Crippen LogP contribution in [0.2, 0.25) is 0 Å². The first kappa shape index (κ1) is 12.9. The number of carbonyl (C=O) groups excluding carboxylic acids is 2. The van der Waals surface area contributed by atoms with Gasteiger partial charge in [-0.2, -0.15) is 0 Å². The summed E-state index contributed by atoms with van der Waals surface area (Å²) in [5.74, 6) is 0.481. The first-order valence-corrected chi connectivity index (χ1v) is 6.51. The van der Waals surface area contributed by atoms with Crippen molar-refractivity contribution < 1.29 is 14.3 Å². The van der Waals surface area contributed by atoms with Gasteiger partial charge in [-0.15, -0.1) is 0 Å². The Balaban J connectivity index is 2.08. The molecule has 5 nitrogen and oxygen atoms in total. The molecule has 0 radical (unpaired) electrons. The molecule has 1 aliphatic rings. The number of carbonyl (C=O) groups is 2. The number of hydrogen-bond acceptors (Lipinski definition) is 5. The number of amides is 2. The lowest BCUT2D eigenvalue weighted by Gasteiger charge is -2.12. The van der Waals surface area contributed by atoms with Gasteiger partial charge in [0.15, 0.2) is 0 Å². The zero-order valence-electron chi connectivity index (χ0n) is 9.72. The third-order valence-corrected chi connectivity index (χ3v) is 3.50. The van der Waals surface area contributed by atoms with Gasteiger partial charge < -0.3 is 10.5 Å². The van der Waals surface area contributed by atoms with Crippen LogP contribution >= 0.6 is 11.8 Å². The highest BCUT2D eigenvalue weighted by Gasteiger charge is 2.32. The third-order valence-electron chi connectivity index (χ3n) is 2.52. The van der Waals surface area contributed by atoms with Gasteiger partial charge in [0, 0.05) is 6.54 Å². The lowest BCUT2D eigenvalue weighted by molar-refractivity contribution is -0.118. The van der Waals surface area contributed by atoms with E-state index in [1.54, 1.807) is 0 Å². The molecule has 1 aliphatic heterocycles. The largest absolute Gasteiger partial charge is 0.492 e. The fraction of sp³-hybridized carbons (Fsp3) is 0.333. The maximum atomic E-state index is 11.5. The average Bonchev–Trinajstić information content (AvgIpc) is 2.67. The predicted molar refractivity (Wildman–Crippen MR) is 69.6 cm³/mol. The summed E-state index contributed by atoms with van der Waals surface area (Å²) in [6.45, 7) is 0.867. The van der Waals surface area contributed by atoms with Crippen molar-refractivity contribution in [1.82, 2.24) is 5.32 Å². The molecule has 1 aromatic carbocycles. The van der Waals surface area contributed by atoms with Crippen LogP contribution in [-0.2, 0) is 11.2 Å². The molecule has 0 bridgehead atoms. The maximum absolute atomic E-state index is 11.5. The van der Waals surface area contributed by atoms with Gasteiger partial charge in [0.2, 0.25) is 5.91 Å². The van der Waals surface area contributed by atoms with Crippen molar-refractivity contribution in [1.29, 1.82) is 0 Å². The van der Waals surface area contributed by atoms with E-state index >= 15 is 0 Å². The van der Waals surface area contributed by atoms with Gasteiger partial charge in [0.1, 0.15) is 12.4 Å². The summed E-state index contributed by atoms with van der Waals surface area (Å²) < 4.78 is 5.51. The van der Waals surface area contributed by atoms with Crippen molar-refractivity contribution in [2.24, 2.45) is 5.73 Å². The Morgan fingerprint density at radius 2 is 2.11 bits per heavy atom. The van der Waals surface area contributed by atoms with E-state index in [0.29, 0.717) is 19.6 Å². The van der Waals surface area contributed by atoms with Crippen molar-refractivity contribution in [2.45, 2.75) is 11.7 Å². The zero-order chi connectivity index (χ0) is 13.0. The summed E-state index contributed by atoms with van der Waals surface area (Å²) in [7, 11) is 0. The van der Waals surface area contributed by atoms with Crippen LogP contribution in [0.1, 0.15) is 5.56 Å². The zero-order valence-corrected chi connectivity index (χ0v) is 10.5. The number of nitrogens with one attached hydrogen (secondary N) is 1. The number of imide groups is 1. The summed E-state index contributed by atoms with van der Waals surface area (Å²) in [5, 5.41) is 1.61. The Morgan fingerprint density at radius 3 is 2.78 bits per heavy atom. The molecular weight excluding hydrogens is 252 g/mol. The maximum Gasteiger partial charge on any atom is 0.286 e. The third kappa shape index (κ3) is 3.02. The fourth-order valence-electron chi connectivity index (χ4n) is 1.71. The van der Waals surface area contributed by atoms with Crippen LogP contribution in [0.15, 0.2) is 24.3 Å². The molecule has 0 spiro atoms. The summed E-state index contributed by atoms with van der Waals surface area (Å²) in [6, 6.07) is 7.47. The van der Waals surface area contributed by atoms with Crippen molar-refractivity contribution >= 4 is 22.9 Å². The molecule has 1 saturated heterocycles. The summed E-state index contributed by atoms with van der Waals surface area (Å²) in [5.41, 5.74) is 6.30. The van der Waals surface area contributed by atoms with Crippen LogP contribution in [0, 0.1) is 0 Å². The second-order valence-electron chi connectivity index (χ2n) is 3.83. The topological polar surface area (TPSA) is 81.4 Å². The number of benzene rings is 1. The predicted octanol–water partition coefficient (Wildman–Crippen LogP) is 0.918. The van der Waals surface area contributed by atoms with E-state index in [9.17, 15) is 9.59 Å². The molecule has 1 atom stereocenters. The van der Waals surface area contributed by atoms with Crippen molar-refractivity contribution in [3.63, 3.8) is 0 Å². The molecule has 0 aromatic heterocycles. The van der Waals surface area contributed by atoms with Gasteiger partial charge in [-0.1, -0.05) is 30.0 Å². The Morgan fingerprint density at radius 1 is 1.33 bits per heavy atom. The van der Waals surface area contributed by atoms with E-state index in [2.05, 4.69) is 5.32 Å². The molecule has 0 saturated carbocycles. The van der Waals surface area contributed by atoms with E-state index in [1.807, 2.05) is 24.3 Å². The first-order chi connectivity index (χ1) is 8.70. The highest BCUT2D eigenvalue weighted by molar-refractivity contribution is 8.15. The molecule has 6 heteroatoms. The average molecular weight is 266 g/mol. The molecule has 1 heterocycles. The number of rotatable bonds is 5. The number of hydrogen-bond donors (Lipinski definition) is 2. The van der Waals surface area contributed by atoms with Gasteiger partial charge in [-0.25, -0.2) is 0 Å². The molecule has 18 heavy (non-hydrogen) atoms. The van der Waals surface area contributed by atoms with Gasteiger partial charge in [0.05, 0.1) is 5.25 Å². The van der Waals surface area contributed by atoms with Crippen LogP contribution in [0.4, 0.5) is 4.79 Å². The second-order valence-corrected chi connectivity index (χ2v) is 5.01. The standard InChI is InChI=1S/C12H14N2O3S/c13-5-6-17-9-4-2-1-3-8(9)7-10-11(15)14-12(16)18-10/h1-4,10H,5-7,13H2,(H,14,15,16). The second kappa shape index (κ2) is 5.88. The number of para-hydroxylation sites is 1. The molecular formula is C12H14N2O3S. The minimum atomic E-state index is -0.375. The normalized spacial score (nSPS) is 18.8. The SMILES string of the molecule is NCCOc1ccccc1CC1SC(=O)NC1=O. The van der Waals surface area contributed by atoms with Gasteiger partial charge >= 0.3 is 0 Å². The molecule has 1 unspecified atom stereocenters. The van der Waals surface area contributed by atoms with Gasteiger partial charge in [0.25, 0.3) is 5.24 Å². The van der Waals surface area contributed by atoms with Crippen molar-refractivity contribution in [2.75, 3.05) is 13.2 Å². The fourth-order valence-corrected chi connectivity index (χ4v) is 2.56. The minimum absolute atomic E-state index is 0.237. The number of ether oxygens (including phenoxy) is 1. The van der Waals surface area contributed by atoms with E-state index in [4.69, 9.17) is 10.5 Å². The van der Waals surface area contributed by atoms with E-state index in [1.165, 1.54) is 0 Å². The molecule has 2 amide bonds. The van der Waals surface area contributed by atoms with Gasteiger partial charge in [-0.3, -0.25) is 14.9 Å². The Labute approximate surface area is 109 Å². The van der Waals surface area contributed by atoms with E-state index in [0.717, 1.165) is 23.1 Å². The molecule has 2 rings (SSSR count). The van der Waals surface area contributed by atoms with Gasteiger partial charge in [-0.05, 0) is 18.1 Å². The minimum Gasteiger partial charge on any atom is -0.492 e.